The summed E-state index contributed by atoms with van der Waals surface area (Å²) in [5.41, 5.74) is 9.06. The van der Waals surface area contributed by atoms with Crippen LogP contribution in [0.1, 0.15) is 28.5 Å². The van der Waals surface area contributed by atoms with Crippen molar-refractivity contribution < 1.29 is 8.81 Å². The summed E-state index contributed by atoms with van der Waals surface area (Å²) in [5, 5.41) is 9.67. The maximum atomic E-state index is 13.3. The first-order chi connectivity index (χ1) is 10.1. The monoisotopic (exact) mass is 280 g/mol. The van der Waals surface area contributed by atoms with Gasteiger partial charge in [0, 0.05) is 17.0 Å². The van der Waals surface area contributed by atoms with Crippen LogP contribution in [0.3, 0.4) is 0 Å². The maximum absolute atomic E-state index is 13.3. The largest absolute Gasteiger partial charge is 0.459 e. The summed E-state index contributed by atoms with van der Waals surface area (Å²) >= 11 is 0. The lowest BCUT2D eigenvalue weighted by atomic mass is 10.0. The van der Waals surface area contributed by atoms with Gasteiger partial charge in [-0.1, -0.05) is 12.1 Å². The minimum absolute atomic E-state index is 0.338. The Hall–Kier alpha value is -2.64. The third kappa shape index (κ3) is 2.28. The fraction of sp³-hybridized carbons (Fsp3) is 0.118. The second kappa shape index (κ2) is 5.04. The van der Waals surface area contributed by atoms with Gasteiger partial charge in [-0.15, -0.1) is 0 Å². The van der Waals surface area contributed by atoms with Crippen LogP contribution in [0.2, 0.25) is 0 Å². The van der Waals surface area contributed by atoms with Crippen molar-refractivity contribution in [2.75, 3.05) is 0 Å². The van der Waals surface area contributed by atoms with Gasteiger partial charge in [-0.2, -0.15) is 5.26 Å². The molecule has 3 nitrogen and oxygen atoms in total. The molecule has 3 rings (SSSR count). The van der Waals surface area contributed by atoms with Crippen LogP contribution in [0.25, 0.3) is 11.0 Å². The quantitative estimate of drug-likeness (QED) is 0.776. The van der Waals surface area contributed by atoms with Crippen molar-refractivity contribution in [3.63, 3.8) is 0 Å². The molecule has 0 aliphatic rings. The number of hydrogen-bond donors (Lipinski definition) is 1. The Morgan fingerprint density at radius 1 is 1.19 bits per heavy atom. The standard InChI is InChI=1S/C17H13FN2O/c1-10-14-7-6-13(18)8-15(14)21-17(10)16(20)12-4-2-11(9-19)3-5-12/h2-8,16H,20H2,1H3. The molecule has 0 spiro atoms. The van der Waals surface area contributed by atoms with E-state index in [9.17, 15) is 4.39 Å². The summed E-state index contributed by atoms with van der Waals surface area (Å²) in [6.07, 6.45) is 0. The number of furan rings is 1. The van der Waals surface area contributed by atoms with Crippen LogP contribution < -0.4 is 5.73 Å². The average molecular weight is 280 g/mol. The molecule has 1 aromatic heterocycles. The molecule has 2 aromatic carbocycles. The second-order valence-electron chi connectivity index (χ2n) is 4.94. The van der Waals surface area contributed by atoms with Crippen molar-refractivity contribution in [3.05, 3.63) is 70.7 Å². The van der Waals surface area contributed by atoms with E-state index < -0.39 is 6.04 Å². The number of rotatable bonds is 2. The molecule has 104 valence electrons. The van der Waals surface area contributed by atoms with E-state index in [2.05, 4.69) is 6.07 Å². The SMILES string of the molecule is Cc1c(C(N)c2ccc(C#N)cc2)oc2cc(F)ccc12. The molecule has 0 amide bonds. The predicted molar refractivity (Wildman–Crippen MR) is 78.1 cm³/mol. The van der Waals surface area contributed by atoms with Gasteiger partial charge in [-0.25, -0.2) is 4.39 Å². The molecule has 1 unspecified atom stereocenters. The maximum Gasteiger partial charge on any atom is 0.137 e. The van der Waals surface area contributed by atoms with Gasteiger partial charge in [-0.3, -0.25) is 0 Å². The number of fused-ring (bicyclic) bond motifs is 1. The van der Waals surface area contributed by atoms with Crippen LogP contribution in [0, 0.1) is 24.1 Å². The fourth-order valence-corrected chi connectivity index (χ4v) is 2.43. The first-order valence-electron chi connectivity index (χ1n) is 6.54. The Morgan fingerprint density at radius 3 is 2.57 bits per heavy atom. The van der Waals surface area contributed by atoms with Crippen LogP contribution in [0.5, 0.6) is 0 Å². The number of benzene rings is 2. The van der Waals surface area contributed by atoms with E-state index in [1.807, 2.05) is 6.92 Å². The smallest absolute Gasteiger partial charge is 0.137 e. The molecule has 21 heavy (non-hydrogen) atoms. The van der Waals surface area contributed by atoms with Gasteiger partial charge in [0.1, 0.15) is 17.2 Å². The topological polar surface area (TPSA) is 63.0 Å². The fourth-order valence-electron chi connectivity index (χ4n) is 2.43. The third-order valence-electron chi connectivity index (χ3n) is 3.62. The van der Waals surface area contributed by atoms with E-state index in [4.69, 9.17) is 15.4 Å². The zero-order chi connectivity index (χ0) is 15.0. The predicted octanol–water partition coefficient (Wildman–Crippen LogP) is 3.80. The molecule has 3 aromatic rings. The Bertz CT molecular complexity index is 844. The van der Waals surface area contributed by atoms with E-state index in [1.54, 1.807) is 30.3 Å². The van der Waals surface area contributed by atoms with Crippen LogP contribution in [0.15, 0.2) is 46.9 Å². The molecule has 4 heteroatoms. The van der Waals surface area contributed by atoms with Crippen LogP contribution >= 0.6 is 0 Å². The molecule has 2 N–H and O–H groups in total. The molecule has 0 bridgehead atoms. The Kier molecular flexibility index (Phi) is 3.20. The van der Waals surface area contributed by atoms with Crippen LogP contribution in [-0.4, -0.2) is 0 Å². The molecule has 0 saturated carbocycles. The van der Waals surface area contributed by atoms with Crippen molar-refractivity contribution in [2.45, 2.75) is 13.0 Å². The Balaban J connectivity index is 2.06. The highest BCUT2D eigenvalue weighted by molar-refractivity contribution is 5.82. The molecule has 0 aliphatic heterocycles. The third-order valence-corrected chi connectivity index (χ3v) is 3.62. The summed E-state index contributed by atoms with van der Waals surface area (Å²) in [4.78, 5) is 0. The second-order valence-corrected chi connectivity index (χ2v) is 4.94. The molecule has 0 aliphatic carbocycles. The first kappa shape index (κ1) is 13.3. The molecule has 0 radical (unpaired) electrons. The Labute approximate surface area is 121 Å². The van der Waals surface area contributed by atoms with Crippen LogP contribution in [-0.2, 0) is 0 Å². The van der Waals surface area contributed by atoms with E-state index in [-0.39, 0.29) is 5.82 Å². The minimum atomic E-state index is -0.451. The van der Waals surface area contributed by atoms with Gasteiger partial charge < -0.3 is 10.2 Å². The first-order valence-corrected chi connectivity index (χ1v) is 6.54. The lowest BCUT2D eigenvalue weighted by molar-refractivity contribution is 0.518. The molecular formula is C17H13FN2O. The highest BCUT2D eigenvalue weighted by Gasteiger charge is 2.19. The van der Waals surface area contributed by atoms with Crippen molar-refractivity contribution in [1.82, 2.24) is 0 Å². The zero-order valence-corrected chi connectivity index (χ0v) is 11.4. The Morgan fingerprint density at radius 2 is 1.90 bits per heavy atom. The number of nitrogens with two attached hydrogens (primary N) is 1. The van der Waals surface area contributed by atoms with E-state index >= 15 is 0 Å². The van der Waals surface area contributed by atoms with E-state index in [1.165, 1.54) is 12.1 Å². The van der Waals surface area contributed by atoms with Gasteiger partial charge in [0.25, 0.3) is 0 Å². The van der Waals surface area contributed by atoms with Gasteiger partial charge in [0.2, 0.25) is 0 Å². The zero-order valence-electron chi connectivity index (χ0n) is 11.4. The van der Waals surface area contributed by atoms with Gasteiger partial charge in [0.05, 0.1) is 17.7 Å². The van der Waals surface area contributed by atoms with Crippen molar-refractivity contribution >= 4 is 11.0 Å². The number of nitrogens with zero attached hydrogens (tertiary/aromatic N) is 1. The van der Waals surface area contributed by atoms with Crippen LogP contribution in [0.4, 0.5) is 4.39 Å². The molecular weight excluding hydrogens is 267 g/mol. The average Bonchev–Trinajstić information content (AvgIpc) is 2.83. The summed E-state index contributed by atoms with van der Waals surface area (Å²) in [6.45, 7) is 1.91. The minimum Gasteiger partial charge on any atom is -0.459 e. The highest BCUT2D eigenvalue weighted by Crippen LogP contribution is 2.31. The van der Waals surface area contributed by atoms with Gasteiger partial charge in [0.15, 0.2) is 0 Å². The van der Waals surface area contributed by atoms with Gasteiger partial charge in [-0.05, 0) is 36.8 Å². The summed E-state index contributed by atoms with van der Waals surface area (Å²) in [6, 6.07) is 13.1. The van der Waals surface area contributed by atoms with Crippen molar-refractivity contribution in [2.24, 2.45) is 5.73 Å². The normalized spacial score (nSPS) is 12.3. The number of aryl methyl sites for hydroxylation is 1. The van der Waals surface area contributed by atoms with Crippen molar-refractivity contribution in [1.29, 1.82) is 5.26 Å². The van der Waals surface area contributed by atoms with Gasteiger partial charge >= 0.3 is 0 Å². The summed E-state index contributed by atoms with van der Waals surface area (Å²) in [7, 11) is 0. The molecule has 1 heterocycles. The highest BCUT2D eigenvalue weighted by atomic mass is 19.1. The number of halogens is 1. The summed E-state index contributed by atoms with van der Waals surface area (Å²) < 4.78 is 19.0. The van der Waals surface area contributed by atoms with E-state index in [0.29, 0.717) is 16.9 Å². The number of hydrogen-bond acceptors (Lipinski definition) is 3. The molecule has 0 saturated heterocycles. The lowest BCUT2D eigenvalue weighted by Gasteiger charge is -2.10. The lowest BCUT2D eigenvalue weighted by Crippen LogP contribution is -2.11. The van der Waals surface area contributed by atoms with Crippen molar-refractivity contribution in [3.8, 4) is 6.07 Å². The number of nitriles is 1. The molecule has 1 atom stereocenters. The van der Waals surface area contributed by atoms with E-state index in [0.717, 1.165) is 16.5 Å². The summed E-state index contributed by atoms with van der Waals surface area (Å²) in [5.74, 6) is 0.273. The molecule has 0 fully saturated rings.